The van der Waals surface area contributed by atoms with Crippen LogP contribution in [0.15, 0.2) is 23.1 Å². The first-order valence-electron chi connectivity index (χ1n) is 9.70. The van der Waals surface area contributed by atoms with Crippen LogP contribution in [0, 0.1) is 0 Å². The highest BCUT2D eigenvalue weighted by Gasteiger charge is 2.22. The van der Waals surface area contributed by atoms with Crippen molar-refractivity contribution in [2.24, 2.45) is 0 Å². The van der Waals surface area contributed by atoms with Crippen molar-refractivity contribution in [1.82, 2.24) is 15.2 Å². The lowest BCUT2D eigenvalue weighted by atomic mass is 10.1. The average molecular weight is 419 g/mol. The van der Waals surface area contributed by atoms with E-state index in [1.54, 1.807) is 16.7 Å². The molecule has 162 valence electrons. The standard InChI is InChI=1S/C20H25N3O7/c1-3-23-10-14(18(25)13-8-16-17(9-15(13)23)30-11-29-16)20(27)22-12(2)19(26)21-4-6-28-7-5-24/h8-10,12,24H,3-7,11H2,1-2H3,(H,21,26)(H,22,27). The van der Waals surface area contributed by atoms with E-state index in [9.17, 15) is 14.4 Å². The summed E-state index contributed by atoms with van der Waals surface area (Å²) in [6, 6.07) is 2.45. The van der Waals surface area contributed by atoms with Crippen LogP contribution in [0.3, 0.4) is 0 Å². The van der Waals surface area contributed by atoms with Gasteiger partial charge in [-0.25, -0.2) is 0 Å². The van der Waals surface area contributed by atoms with Gasteiger partial charge >= 0.3 is 0 Å². The highest BCUT2D eigenvalue weighted by molar-refractivity contribution is 6.00. The zero-order valence-electron chi connectivity index (χ0n) is 16.9. The van der Waals surface area contributed by atoms with Gasteiger partial charge in [0.1, 0.15) is 11.6 Å². The van der Waals surface area contributed by atoms with Crippen molar-refractivity contribution in [3.8, 4) is 11.5 Å². The molecule has 2 heterocycles. The number of pyridine rings is 1. The predicted molar refractivity (Wildman–Crippen MR) is 108 cm³/mol. The zero-order chi connectivity index (χ0) is 21.7. The fourth-order valence-electron chi connectivity index (χ4n) is 3.11. The predicted octanol–water partition coefficient (Wildman–Crippen LogP) is -0.00650. The summed E-state index contributed by atoms with van der Waals surface area (Å²) in [5.41, 5.74) is 0.127. The van der Waals surface area contributed by atoms with Gasteiger partial charge in [0, 0.05) is 25.4 Å². The molecule has 0 aliphatic carbocycles. The van der Waals surface area contributed by atoms with Gasteiger partial charge in [-0.3, -0.25) is 14.4 Å². The second kappa shape index (κ2) is 9.59. The maximum atomic E-state index is 13.0. The lowest BCUT2D eigenvalue weighted by molar-refractivity contribution is -0.122. The van der Waals surface area contributed by atoms with Crippen molar-refractivity contribution in [1.29, 1.82) is 0 Å². The number of amides is 2. The molecular weight excluding hydrogens is 394 g/mol. The number of rotatable bonds is 9. The highest BCUT2D eigenvalue weighted by Crippen LogP contribution is 2.35. The Labute approximate surface area is 172 Å². The number of carbonyl (C=O) groups excluding carboxylic acids is 2. The molecule has 1 aromatic carbocycles. The van der Waals surface area contributed by atoms with Crippen molar-refractivity contribution < 1.29 is 28.9 Å². The van der Waals surface area contributed by atoms with Gasteiger partial charge in [0.05, 0.1) is 30.7 Å². The molecule has 30 heavy (non-hydrogen) atoms. The molecule has 0 saturated heterocycles. The Kier molecular flexibility index (Phi) is 6.91. The van der Waals surface area contributed by atoms with Gasteiger partial charge in [0.25, 0.3) is 5.91 Å². The van der Waals surface area contributed by atoms with E-state index in [4.69, 9.17) is 19.3 Å². The molecule has 0 fully saturated rings. The molecule has 3 N–H and O–H groups in total. The Hall–Kier alpha value is -3.11. The van der Waals surface area contributed by atoms with E-state index in [0.717, 1.165) is 0 Å². The van der Waals surface area contributed by atoms with Gasteiger partial charge in [-0.15, -0.1) is 0 Å². The molecule has 1 aliphatic rings. The van der Waals surface area contributed by atoms with Crippen molar-refractivity contribution in [2.45, 2.75) is 26.4 Å². The molecule has 10 nitrogen and oxygen atoms in total. The van der Waals surface area contributed by atoms with Crippen LogP contribution >= 0.6 is 0 Å². The first-order valence-corrected chi connectivity index (χ1v) is 9.70. The minimum Gasteiger partial charge on any atom is -0.454 e. The molecule has 2 aromatic rings. The summed E-state index contributed by atoms with van der Waals surface area (Å²) in [7, 11) is 0. The van der Waals surface area contributed by atoms with Crippen LogP contribution in [-0.2, 0) is 16.1 Å². The number of aliphatic hydroxyl groups is 1. The number of hydrogen-bond acceptors (Lipinski definition) is 7. The molecule has 2 amide bonds. The molecular formula is C20H25N3O7. The largest absolute Gasteiger partial charge is 0.454 e. The molecule has 1 aromatic heterocycles. The van der Waals surface area contributed by atoms with E-state index in [-0.39, 0.29) is 38.7 Å². The van der Waals surface area contributed by atoms with Gasteiger partial charge < -0.3 is 34.5 Å². The molecule has 1 aliphatic heterocycles. The van der Waals surface area contributed by atoms with Crippen molar-refractivity contribution in [3.05, 3.63) is 34.1 Å². The number of fused-ring (bicyclic) bond motifs is 2. The summed E-state index contributed by atoms with van der Waals surface area (Å²) >= 11 is 0. The number of aliphatic hydroxyl groups excluding tert-OH is 1. The molecule has 0 radical (unpaired) electrons. The lowest BCUT2D eigenvalue weighted by Gasteiger charge is -2.16. The molecule has 1 atom stereocenters. The topological polar surface area (TPSA) is 128 Å². The summed E-state index contributed by atoms with van der Waals surface area (Å²) < 4.78 is 17.6. The quantitative estimate of drug-likeness (QED) is 0.488. The van der Waals surface area contributed by atoms with Gasteiger partial charge in [0.2, 0.25) is 18.1 Å². The van der Waals surface area contributed by atoms with E-state index >= 15 is 0 Å². The lowest BCUT2D eigenvalue weighted by Crippen LogP contribution is -2.46. The molecule has 1 unspecified atom stereocenters. The summed E-state index contributed by atoms with van der Waals surface area (Å²) in [5.74, 6) is -0.0394. The summed E-state index contributed by atoms with van der Waals surface area (Å²) in [6.07, 6.45) is 1.48. The Morgan fingerprint density at radius 2 is 2.00 bits per heavy atom. The average Bonchev–Trinajstić information content (AvgIpc) is 3.20. The van der Waals surface area contributed by atoms with Crippen LogP contribution in [0.4, 0.5) is 0 Å². The molecule has 0 saturated carbocycles. The second-order valence-corrected chi connectivity index (χ2v) is 6.70. The molecule has 10 heteroatoms. The smallest absolute Gasteiger partial charge is 0.257 e. The molecule has 3 rings (SSSR count). The third-order valence-corrected chi connectivity index (χ3v) is 4.68. The minimum atomic E-state index is -0.850. The third-order valence-electron chi connectivity index (χ3n) is 4.68. The fourth-order valence-corrected chi connectivity index (χ4v) is 3.11. The Morgan fingerprint density at radius 3 is 2.70 bits per heavy atom. The van der Waals surface area contributed by atoms with Gasteiger partial charge in [-0.1, -0.05) is 0 Å². The Morgan fingerprint density at radius 1 is 1.27 bits per heavy atom. The number of carbonyl (C=O) groups is 2. The first-order chi connectivity index (χ1) is 14.5. The van der Waals surface area contributed by atoms with Crippen molar-refractivity contribution in [3.63, 3.8) is 0 Å². The SMILES string of the molecule is CCn1cc(C(=O)NC(C)C(=O)NCCOCCO)c(=O)c2cc3c(cc21)OCO3. The van der Waals surface area contributed by atoms with Crippen LogP contribution in [0.2, 0.25) is 0 Å². The number of nitrogens with one attached hydrogen (secondary N) is 2. The van der Waals surface area contributed by atoms with E-state index in [1.807, 2.05) is 6.92 Å². The van der Waals surface area contributed by atoms with Gasteiger partial charge in [0.15, 0.2) is 11.5 Å². The number of ether oxygens (including phenoxy) is 3. The first kappa shape index (κ1) is 21.6. The summed E-state index contributed by atoms with van der Waals surface area (Å²) in [5, 5.41) is 14.2. The van der Waals surface area contributed by atoms with Gasteiger partial charge in [-0.2, -0.15) is 0 Å². The van der Waals surface area contributed by atoms with E-state index in [0.29, 0.717) is 28.9 Å². The zero-order valence-corrected chi connectivity index (χ0v) is 16.9. The second-order valence-electron chi connectivity index (χ2n) is 6.70. The number of nitrogens with zero attached hydrogens (tertiary/aromatic N) is 1. The Balaban J connectivity index is 1.76. The van der Waals surface area contributed by atoms with Crippen LogP contribution in [-0.4, -0.2) is 60.7 Å². The Bertz CT molecular complexity index is 1000. The van der Waals surface area contributed by atoms with Crippen LogP contribution in [0.5, 0.6) is 11.5 Å². The highest BCUT2D eigenvalue weighted by atomic mass is 16.7. The van der Waals surface area contributed by atoms with Gasteiger partial charge in [-0.05, 0) is 19.9 Å². The number of aromatic nitrogens is 1. The molecule has 0 bridgehead atoms. The maximum absolute atomic E-state index is 13.0. The number of benzene rings is 1. The third kappa shape index (κ3) is 4.55. The van der Waals surface area contributed by atoms with Crippen molar-refractivity contribution >= 4 is 22.7 Å². The number of hydrogen-bond donors (Lipinski definition) is 3. The van der Waals surface area contributed by atoms with E-state index < -0.39 is 23.3 Å². The summed E-state index contributed by atoms with van der Waals surface area (Å²) in [6.45, 7) is 4.61. The number of aryl methyl sites for hydroxylation is 1. The van der Waals surface area contributed by atoms with Crippen LogP contribution in [0.1, 0.15) is 24.2 Å². The fraction of sp³-hybridized carbons (Fsp3) is 0.450. The maximum Gasteiger partial charge on any atom is 0.257 e. The van der Waals surface area contributed by atoms with E-state index in [1.165, 1.54) is 13.1 Å². The van der Waals surface area contributed by atoms with Crippen LogP contribution < -0.4 is 25.5 Å². The van der Waals surface area contributed by atoms with Crippen LogP contribution in [0.25, 0.3) is 10.9 Å². The minimum absolute atomic E-state index is 0.0610. The van der Waals surface area contributed by atoms with E-state index in [2.05, 4.69) is 10.6 Å². The normalized spacial score (nSPS) is 13.3. The summed E-state index contributed by atoms with van der Waals surface area (Å²) in [4.78, 5) is 37.8. The van der Waals surface area contributed by atoms with Crippen molar-refractivity contribution in [2.75, 3.05) is 33.2 Å². The monoisotopic (exact) mass is 419 g/mol. The molecule has 0 spiro atoms.